The molecular weight excluding hydrogens is 176 g/mol. The van der Waals surface area contributed by atoms with E-state index in [1.807, 2.05) is 31.2 Å². The Morgan fingerprint density at radius 2 is 1.93 bits per heavy atom. The van der Waals surface area contributed by atoms with Crippen LogP contribution in [0.3, 0.4) is 0 Å². The normalized spacial score (nSPS) is 12.1. The van der Waals surface area contributed by atoms with Crippen molar-refractivity contribution in [3.8, 4) is 0 Å². The number of carbonyl (C=O) groups is 2. The van der Waals surface area contributed by atoms with Crippen LogP contribution in [0.25, 0.3) is 0 Å². The first kappa shape index (κ1) is 10.6. The summed E-state index contributed by atoms with van der Waals surface area (Å²) in [5.74, 6) is -0.240. The van der Waals surface area contributed by atoms with Gasteiger partial charge in [0.25, 0.3) is 0 Å². The molecule has 2 heteroatoms. The largest absolute Gasteiger partial charge is 0.303 e. The van der Waals surface area contributed by atoms with E-state index in [1.165, 1.54) is 6.92 Å². The van der Waals surface area contributed by atoms with Gasteiger partial charge < -0.3 is 4.79 Å². The Morgan fingerprint density at radius 3 is 2.36 bits per heavy atom. The second kappa shape index (κ2) is 4.70. The molecule has 0 heterocycles. The topological polar surface area (TPSA) is 34.1 Å². The average Bonchev–Trinajstić information content (AvgIpc) is 2.15. The number of aryl methyl sites for hydroxylation is 1. The van der Waals surface area contributed by atoms with Gasteiger partial charge in [0.05, 0.1) is 0 Å². The van der Waals surface area contributed by atoms with Gasteiger partial charge >= 0.3 is 0 Å². The fourth-order valence-electron chi connectivity index (χ4n) is 1.37. The number of aldehydes is 1. The summed E-state index contributed by atoms with van der Waals surface area (Å²) in [5.41, 5.74) is 2.07. The highest BCUT2D eigenvalue weighted by molar-refractivity contribution is 5.81. The maximum absolute atomic E-state index is 10.9. The summed E-state index contributed by atoms with van der Waals surface area (Å²) in [6.07, 6.45) is 1.14. The van der Waals surface area contributed by atoms with Crippen LogP contribution in [0.5, 0.6) is 0 Å². The Morgan fingerprint density at radius 1 is 1.36 bits per heavy atom. The molecule has 0 aliphatic rings. The predicted molar refractivity (Wildman–Crippen MR) is 55.3 cm³/mol. The van der Waals surface area contributed by atoms with Crippen LogP contribution in [-0.2, 0) is 9.59 Å². The molecule has 0 saturated carbocycles. The van der Waals surface area contributed by atoms with Gasteiger partial charge in [-0.05, 0) is 19.4 Å². The standard InChI is InChI=1S/C12H14O2/c1-9-3-5-11(6-4-9)12(8-13)7-10(2)14/h3-6,8,12H,7H2,1-2H3/t12-/m1/s1. The van der Waals surface area contributed by atoms with Gasteiger partial charge in [0, 0.05) is 12.3 Å². The molecule has 2 nitrogen and oxygen atoms in total. The van der Waals surface area contributed by atoms with Gasteiger partial charge in [0.1, 0.15) is 12.1 Å². The van der Waals surface area contributed by atoms with E-state index in [1.54, 1.807) is 0 Å². The summed E-state index contributed by atoms with van der Waals surface area (Å²) in [5, 5.41) is 0. The van der Waals surface area contributed by atoms with Crippen LogP contribution in [0, 0.1) is 6.92 Å². The molecule has 0 aliphatic heterocycles. The highest BCUT2D eigenvalue weighted by Gasteiger charge is 2.11. The molecule has 0 spiro atoms. The Kier molecular flexibility index (Phi) is 3.57. The van der Waals surface area contributed by atoms with Gasteiger partial charge in [-0.3, -0.25) is 4.79 Å². The van der Waals surface area contributed by atoms with Crippen molar-refractivity contribution in [2.75, 3.05) is 0 Å². The monoisotopic (exact) mass is 190 g/mol. The SMILES string of the molecule is CC(=O)C[C@H](C=O)c1ccc(C)cc1. The third kappa shape index (κ3) is 2.80. The number of hydrogen-bond donors (Lipinski definition) is 0. The number of ketones is 1. The minimum atomic E-state index is -0.284. The number of carbonyl (C=O) groups excluding carboxylic acids is 2. The van der Waals surface area contributed by atoms with E-state index in [0.29, 0.717) is 6.42 Å². The predicted octanol–water partition coefficient (Wildman–Crippen LogP) is 2.26. The number of hydrogen-bond acceptors (Lipinski definition) is 2. The first-order valence-electron chi connectivity index (χ1n) is 4.65. The fraction of sp³-hybridized carbons (Fsp3) is 0.333. The Balaban J connectivity index is 2.84. The van der Waals surface area contributed by atoms with Crippen LogP contribution < -0.4 is 0 Å². The first-order valence-corrected chi connectivity index (χ1v) is 4.65. The van der Waals surface area contributed by atoms with Crippen molar-refractivity contribution >= 4 is 12.1 Å². The van der Waals surface area contributed by atoms with Crippen LogP contribution in [0.4, 0.5) is 0 Å². The molecule has 1 rings (SSSR count). The number of rotatable bonds is 4. The molecule has 0 radical (unpaired) electrons. The highest BCUT2D eigenvalue weighted by atomic mass is 16.1. The van der Waals surface area contributed by atoms with Crippen LogP contribution in [-0.4, -0.2) is 12.1 Å². The van der Waals surface area contributed by atoms with Crippen molar-refractivity contribution in [1.29, 1.82) is 0 Å². The van der Waals surface area contributed by atoms with Gasteiger partial charge in [0.15, 0.2) is 0 Å². The lowest BCUT2D eigenvalue weighted by molar-refractivity contribution is -0.119. The summed E-state index contributed by atoms with van der Waals surface area (Å²) >= 11 is 0. The minimum absolute atomic E-state index is 0.0441. The second-order valence-electron chi connectivity index (χ2n) is 3.56. The Hall–Kier alpha value is -1.44. The average molecular weight is 190 g/mol. The van der Waals surface area contributed by atoms with Gasteiger partial charge in [-0.25, -0.2) is 0 Å². The Bertz CT molecular complexity index is 325. The summed E-state index contributed by atoms with van der Waals surface area (Å²) in [6.45, 7) is 3.50. The third-order valence-electron chi connectivity index (χ3n) is 2.18. The van der Waals surface area contributed by atoms with E-state index < -0.39 is 0 Å². The molecule has 74 valence electrons. The van der Waals surface area contributed by atoms with Gasteiger partial charge in [-0.1, -0.05) is 29.8 Å². The Labute approximate surface area is 83.9 Å². The van der Waals surface area contributed by atoms with Crippen molar-refractivity contribution in [2.24, 2.45) is 0 Å². The first-order chi connectivity index (χ1) is 6.63. The zero-order chi connectivity index (χ0) is 10.6. The van der Waals surface area contributed by atoms with E-state index in [9.17, 15) is 9.59 Å². The van der Waals surface area contributed by atoms with E-state index >= 15 is 0 Å². The maximum Gasteiger partial charge on any atom is 0.130 e. The van der Waals surface area contributed by atoms with Crippen molar-refractivity contribution in [3.05, 3.63) is 35.4 Å². The molecule has 1 aromatic carbocycles. The van der Waals surface area contributed by atoms with E-state index in [0.717, 1.165) is 17.4 Å². The lowest BCUT2D eigenvalue weighted by Crippen LogP contribution is -2.05. The number of Topliss-reactive ketones (excluding diaryl/α,β-unsaturated/α-hetero) is 1. The minimum Gasteiger partial charge on any atom is -0.303 e. The van der Waals surface area contributed by atoms with E-state index in [-0.39, 0.29) is 11.7 Å². The summed E-state index contributed by atoms with van der Waals surface area (Å²) in [7, 11) is 0. The fourth-order valence-corrected chi connectivity index (χ4v) is 1.37. The van der Waals surface area contributed by atoms with Gasteiger partial charge in [-0.15, -0.1) is 0 Å². The van der Waals surface area contributed by atoms with Crippen LogP contribution in [0.15, 0.2) is 24.3 Å². The maximum atomic E-state index is 10.9. The molecule has 0 saturated heterocycles. The van der Waals surface area contributed by atoms with Crippen molar-refractivity contribution < 1.29 is 9.59 Å². The lowest BCUT2D eigenvalue weighted by Gasteiger charge is -2.08. The van der Waals surface area contributed by atoms with Gasteiger partial charge in [0.2, 0.25) is 0 Å². The summed E-state index contributed by atoms with van der Waals surface area (Å²) in [4.78, 5) is 21.7. The third-order valence-corrected chi connectivity index (χ3v) is 2.18. The van der Waals surface area contributed by atoms with Crippen molar-refractivity contribution in [2.45, 2.75) is 26.2 Å². The van der Waals surface area contributed by atoms with Crippen molar-refractivity contribution in [1.82, 2.24) is 0 Å². The highest BCUT2D eigenvalue weighted by Crippen LogP contribution is 2.18. The molecular formula is C12H14O2. The molecule has 0 aromatic heterocycles. The zero-order valence-corrected chi connectivity index (χ0v) is 8.49. The molecule has 1 atom stereocenters. The van der Waals surface area contributed by atoms with Crippen LogP contribution >= 0.6 is 0 Å². The lowest BCUT2D eigenvalue weighted by atomic mass is 9.95. The molecule has 0 fully saturated rings. The molecule has 0 amide bonds. The second-order valence-corrected chi connectivity index (χ2v) is 3.56. The molecule has 0 bridgehead atoms. The molecule has 0 N–H and O–H groups in total. The molecule has 0 unspecified atom stereocenters. The molecule has 0 aliphatic carbocycles. The summed E-state index contributed by atoms with van der Waals surface area (Å²) < 4.78 is 0. The summed E-state index contributed by atoms with van der Waals surface area (Å²) in [6, 6.07) is 7.70. The van der Waals surface area contributed by atoms with Crippen LogP contribution in [0.2, 0.25) is 0 Å². The van der Waals surface area contributed by atoms with Crippen molar-refractivity contribution in [3.63, 3.8) is 0 Å². The smallest absolute Gasteiger partial charge is 0.130 e. The number of benzene rings is 1. The van der Waals surface area contributed by atoms with E-state index in [2.05, 4.69) is 0 Å². The van der Waals surface area contributed by atoms with Crippen LogP contribution in [0.1, 0.15) is 30.4 Å². The molecule has 14 heavy (non-hydrogen) atoms. The quantitative estimate of drug-likeness (QED) is 0.682. The molecule has 1 aromatic rings. The van der Waals surface area contributed by atoms with Gasteiger partial charge in [-0.2, -0.15) is 0 Å². The van der Waals surface area contributed by atoms with E-state index in [4.69, 9.17) is 0 Å². The zero-order valence-electron chi connectivity index (χ0n) is 8.49.